The first-order valence-corrected chi connectivity index (χ1v) is 8.08. The van der Waals surface area contributed by atoms with Crippen LogP contribution in [0.2, 0.25) is 0 Å². The molecule has 3 atom stereocenters. The molecule has 108 valence electrons. The average molecular weight is 338 g/mol. The maximum Gasteiger partial charge on any atom is 0.338 e. The van der Waals surface area contributed by atoms with Crippen molar-refractivity contribution in [1.82, 2.24) is 0 Å². The first-order chi connectivity index (χ1) is 9.56. The Bertz CT molecular complexity index is 531. The van der Waals surface area contributed by atoms with Crippen LogP contribution in [0.5, 0.6) is 0 Å². The van der Waals surface area contributed by atoms with E-state index >= 15 is 0 Å². The number of halogens is 1. The predicted molar refractivity (Wildman–Crippen MR) is 83.3 cm³/mol. The van der Waals surface area contributed by atoms with E-state index in [0.717, 1.165) is 30.0 Å². The van der Waals surface area contributed by atoms with Gasteiger partial charge in [0.2, 0.25) is 0 Å². The van der Waals surface area contributed by atoms with Crippen LogP contribution < -0.4 is 4.90 Å². The van der Waals surface area contributed by atoms with Gasteiger partial charge in [0, 0.05) is 18.1 Å². The fourth-order valence-electron chi connectivity index (χ4n) is 4.09. The van der Waals surface area contributed by atoms with Crippen LogP contribution in [-0.2, 0) is 0 Å². The first-order valence-electron chi connectivity index (χ1n) is 7.29. The quantitative estimate of drug-likeness (QED) is 0.901. The molecule has 2 aliphatic carbocycles. The summed E-state index contributed by atoms with van der Waals surface area (Å²) in [6.45, 7) is 0.970. The van der Waals surface area contributed by atoms with E-state index in [1.54, 1.807) is 6.07 Å². The number of carbonyl (C=O) groups is 1. The number of aromatic carboxylic acids is 1. The van der Waals surface area contributed by atoms with E-state index in [1.165, 1.54) is 25.7 Å². The molecule has 0 aliphatic heterocycles. The third-order valence-corrected chi connectivity index (χ3v) is 5.67. The van der Waals surface area contributed by atoms with Gasteiger partial charge in [-0.15, -0.1) is 0 Å². The summed E-state index contributed by atoms with van der Waals surface area (Å²) in [5.74, 6) is 1.66. The fraction of sp³-hybridized carbons (Fsp3) is 0.562. The lowest BCUT2D eigenvalue weighted by atomic mass is 9.88. The molecule has 0 radical (unpaired) electrons. The van der Waals surface area contributed by atoms with Crippen molar-refractivity contribution in [2.45, 2.75) is 25.7 Å². The maximum atomic E-state index is 11.5. The Hall–Kier alpha value is -1.03. The summed E-state index contributed by atoms with van der Waals surface area (Å²) in [5.41, 5.74) is 1.19. The van der Waals surface area contributed by atoms with Crippen LogP contribution in [0.1, 0.15) is 36.0 Å². The van der Waals surface area contributed by atoms with E-state index in [0.29, 0.717) is 10.0 Å². The van der Waals surface area contributed by atoms with Gasteiger partial charge in [0.05, 0.1) is 11.3 Å². The topological polar surface area (TPSA) is 40.5 Å². The molecular weight excluding hydrogens is 318 g/mol. The Labute approximate surface area is 128 Å². The van der Waals surface area contributed by atoms with Gasteiger partial charge < -0.3 is 10.0 Å². The zero-order valence-corrected chi connectivity index (χ0v) is 13.3. The van der Waals surface area contributed by atoms with Gasteiger partial charge in [-0.25, -0.2) is 4.79 Å². The molecule has 3 nitrogen and oxygen atoms in total. The van der Waals surface area contributed by atoms with Crippen LogP contribution in [-0.4, -0.2) is 24.7 Å². The second-order valence-electron chi connectivity index (χ2n) is 6.25. The first kappa shape index (κ1) is 13.9. The second-order valence-corrected chi connectivity index (χ2v) is 7.11. The SMILES string of the molecule is CN(CC1CC2CCC1C2)c1cccc(Br)c1C(=O)O. The van der Waals surface area contributed by atoms with Gasteiger partial charge in [0.25, 0.3) is 0 Å². The molecular formula is C16H20BrNO2. The Kier molecular flexibility index (Phi) is 3.76. The molecule has 4 heteroatoms. The highest BCUT2D eigenvalue weighted by Crippen LogP contribution is 2.48. The molecule has 2 fully saturated rings. The molecule has 0 heterocycles. The highest BCUT2D eigenvalue weighted by atomic mass is 79.9. The van der Waals surface area contributed by atoms with Crippen molar-refractivity contribution in [2.75, 3.05) is 18.5 Å². The minimum Gasteiger partial charge on any atom is -0.478 e. The van der Waals surface area contributed by atoms with Gasteiger partial charge in [0.1, 0.15) is 0 Å². The largest absolute Gasteiger partial charge is 0.478 e. The molecule has 0 saturated heterocycles. The number of hydrogen-bond acceptors (Lipinski definition) is 2. The van der Waals surface area contributed by atoms with Gasteiger partial charge in [-0.3, -0.25) is 0 Å². The Balaban J connectivity index is 1.79. The third kappa shape index (κ3) is 2.46. The van der Waals surface area contributed by atoms with Crippen molar-refractivity contribution in [3.05, 3.63) is 28.2 Å². The normalized spacial score (nSPS) is 27.8. The third-order valence-electron chi connectivity index (χ3n) is 5.01. The van der Waals surface area contributed by atoms with Crippen molar-refractivity contribution in [1.29, 1.82) is 0 Å². The maximum absolute atomic E-state index is 11.5. The number of rotatable bonds is 4. The summed E-state index contributed by atoms with van der Waals surface area (Å²) >= 11 is 3.35. The fourth-order valence-corrected chi connectivity index (χ4v) is 4.62. The van der Waals surface area contributed by atoms with E-state index in [2.05, 4.69) is 20.8 Å². The summed E-state index contributed by atoms with van der Waals surface area (Å²) in [5, 5.41) is 9.40. The number of carboxylic acids is 1. The Morgan fingerprint density at radius 3 is 2.80 bits per heavy atom. The van der Waals surface area contributed by atoms with E-state index in [-0.39, 0.29) is 0 Å². The van der Waals surface area contributed by atoms with Gasteiger partial charge in [0.15, 0.2) is 0 Å². The van der Waals surface area contributed by atoms with E-state index in [4.69, 9.17) is 0 Å². The van der Waals surface area contributed by atoms with E-state index < -0.39 is 5.97 Å². The smallest absolute Gasteiger partial charge is 0.338 e. The zero-order valence-electron chi connectivity index (χ0n) is 11.7. The van der Waals surface area contributed by atoms with Crippen molar-refractivity contribution < 1.29 is 9.90 Å². The number of nitrogens with zero attached hydrogens (tertiary/aromatic N) is 1. The summed E-state index contributed by atoms with van der Waals surface area (Å²) in [6, 6.07) is 5.60. The van der Waals surface area contributed by atoms with Gasteiger partial charge >= 0.3 is 5.97 Å². The highest BCUT2D eigenvalue weighted by Gasteiger charge is 2.39. The standard InChI is InChI=1S/C16H20BrNO2/c1-18(9-12-8-10-5-6-11(12)7-10)14-4-2-3-13(17)15(14)16(19)20/h2-4,10-12H,5-9H2,1H3,(H,19,20). The lowest BCUT2D eigenvalue weighted by Crippen LogP contribution is -2.29. The minimum absolute atomic E-state index is 0.373. The van der Waals surface area contributed by atoms with Gasteiger partial charge in [-0.2, -0.15) is 0 Å². The predicted octanol–water partition coefficient (Wildman–Crippen LogP) is 4.02. The molecule has 2 bridgehead atoms. The van der Waals surface area contributed by atoms with E-state index in [9.17, 15) is 9.90 Å². The van der Waals surface area contributed by atoms with Crippen LogP contribution in [0.3, 0.4) is 0 Å². The lowest BCUT2D eigenvalue weighted by Gasteiger charge is -2.29. The van der Waals surface area contributed by atoms with Crippen LogP contribution in [0.25, 0.3) is 0 Å². The molecule has 0 amide bonds. The van der Waals surface area contributed by atoms with Crippen molar-refractivity contribution >= 4 is 27.6 Å². The van der Waals surface area contributed by atoms with Crippen molar-refractivity contribution in [2.24, 2.45) is 17.8 Å². The number of fused-ring (bicyclic) bond motifs is 2. The molecule has 0 spiro atoms. The van der Waals surface area contributed by atoms with Crippen LogP contribution >= 0.6 is 15.9 Å². The van der Waals surface area contributed by atoms with Crippen molar-refractivity contribution in [3.8, 4) is 0 Å². The Morgan fingerprint density at radius 2 is 2.20 bits per heavy atom. The summed E-state index contributed by atoms with van der Waals surface area (Å²) in [6.07, 6.45) is 5.49. The molecule has 20 heavy (non-hydrogen) atoms. The molecule has 2 aliphatic rings. The van der Waals surface area contributed by atoms with Crippen molar-refractivity contribution in [3.63, 3.8) is 0 Å². The second kappa shape index (κ2) is 5.40. The Morgan fingerprint density at radius 1 is 1.40 bits per heavy atom. The molecule has 0 aromatic heterocycles. The average Bonchev–Trinajstić information content (AvgIpc) is 3.00. The summed E-state index contributed by atoms with van der Waals surface area (Å²) < 4.78 is 0.655. The van der Waals surface area contributed by atoms with Gasteiger partial charge in [-0.05, 0) is 65.1 Å². The number of hydrogen-bond donors (Lipinski definition) is 1. The molecule has 1 aromatic rings. The number of benzene rings is 1. The summed E-state index contributed by atoms with van der Waals surface area (Å²) in [7, 11) is 2.01. The lowest BCUT2D eigenvalue weighted by molar-refractivity contribution is 0.0696. The summed E-state index contributed by atoms with van der Waals surface area (Å²) in [4.78, 5) is 13.6. The molecule has 2 saturated carbocycles. The highest BCUT2D eigenvalue weighted by molar-refractivity contribution is 9.10. The van der Waals surface area contributed by atoms with E-state index in [1.807, 2.05) is 19.2 Å². The van der Waals surface area contributed by atoms with Crippen LogP contribution in [0.4, 0.5) is 5.69 Å². The number of carboxylic acid groups (broad SMARTS) is 1. The molecule has 3 rings (SSSR count). The molecule has 1 N–H and O–H groups in total. The minimum atomic E-state index is -0.868. The monoisotopic (exact) mass is 337 g/mol. The number of anilines is 1. The van der Waals surface area contributed by atoms with Gasteiger partial charge in [-0.1, -0.05) is 12.5 Å². The zero-order chi connectivity index (χ0) is 14.3. The van der Waals surface area contributed by atoms with Crippen LogP contribution in [0.15, 0.2) is 22.7 Å². The molecule has 3 unspecified atom stereocenters. The molecule has 1 aromatic carbocycles. The van der Waals surface area contributed by atoms with Crippen LogP contribution in [0, 0.1) is 17.8 Å².